The Morgan fingerprint density at radius 1 is 1.38 bits per heavy atom. The molecule has 0 bridgehead atoms. The van der Waals surface area contributed by atoms with Gasteiger partial charge in [-0.15, -0.1) is 0 Å². The molecule has 0 heterocycles. The quantitative estimate of drug-likeness (QED) is 0.530. The number of para-hydroxylation sites is 1. The van der Waals surface area contributed by atoms with Gasteiger partial charge in [0.1, 0.15) is 0 Å². The minimum Gasteiger partial charge on any atom is -0.504 e. The van der Waals surface area contributed by atoms with Gasteiger partial charge in [-0.1, -0.05) is 12.1 Å². The first-order valence-electron chi connectivity index (χ1n) is 7.61. The lowest BCUT2D eigenvalue weighted by molar-refractivity contribution is 0.370. The van der Waals surface area contributed by atoms with E-state index < -0.39 is 0 Å². The van der Waals surface area contributed by atoms with Crippen molar-refractivity contribution >= 4 is 5.96 Å². The fourth-order valence-electron chi connectivity index (χ4n) is 2.11. The molecular formula is C16H25N3O2. The van der Waals surface area contributed by atoms with Crippen LogP contribution < -0.4 is 15.4 Å². The summed E-state index contributed by atoms with van der Waals surface area (Å²) in [6, 6.07) is 5.56. The van der Waals surface area contributed by atoms with Crippen molar-refractivity contribution in [3.05, 3.63) is 23.8 Å². The van der Waals surface area contributed by atoms with Crippen LogP contribution >= 0.6 is 0 Å². The molecule has 0 aromatic heterocycles. The van der Waals surface area contributed by atoms with E-state index in [1.165, 1.54) is 12.8 Å². The summed E-state index contributed by atoms with van der Waals surface area (Å²) >= 11 is 0. The topological polar surface area (TPSA) is 65.9 Å². The summed E-state index contributed by atoms with van der Waals surface area (Å²) in [6.45, 7) is 4.53. The van der Waals surface area contributed by atoms with Crippen LogP contribution in [0, 0.1) is 5.92 Å². The zero-order valence-electron chi connectivity index (χ0n) is 12.9. The summed E-state index contributed by atoms with van der Waals surface area (Å²) in [6.07, 6.45) is 3.33. The van der Waals surface area contributed by atoms with Crippen LogP contribution in [0.3, 0.4) is 0 Å². The molecular weight excluding hydrogens is 266 g/mol. The third-order valence-electron chi connectivity index (χ3n) is 3.54. The van der Waals surface area contributed by atoms with E-state index in [1.807, 2.05) is 12.1 Å². The van der Waals surface area contributed by atoms with Crippen LogP contribution in [0.15, 0.2) is 23.2 Å². The summed E-state index contributed by atoms with van der Waals surface area (Å²) in [7, 11) is 1.56. The number of phenols is 1. The first-order chi connectivity index (χ1) is 10.2. The van der Waals surface area contributed by atoms with Crippen molar-refractivity contribution < 1.29 is 9.84 Å². The van der Waals surface area contributed by atoms with Gasteiger partial charge in [-0.2, -0.15) is 0 Å². The first kappa shape index (κ1) is 15.5. The molecule has 0 saturated heterocycles. The predicted molar refractivity (Wildman–Crippen MR) is 85.1 cm³/mol. The highest BCUT2D eigenvalue weighted by Crippen LogP contribution is 2.29. The van der Waals surface area contributed by atoms with E-state index >= 15 is 0 Å². The normalized spacial score (nSPS) is 14.9. The molecule has 1 aliphatic rings. The lowest BCUT2D eigenvalue weighted by Gasteiger charge is -2.12. The Morgan fingerprint density at radius 2 is 2.19 bits per heavy atom. The molecule has 5 heteroatoms. The molecule has 5 nitrogen and oxygen atoms in total. The van der Waals surface area contributed by atoms with Crippen LogP contribution in [0.2, 0.25) is 0 Å². The average molecular weight is 291 g/mol. The average Bonchev–Trinajstić information content (AvgIpc) is 3.30. The maximum absolute atomic E-state index is 10.0. The van der Waals surface area contributed by atoms with E-state index in [0.717, 1.165) is 43.5 Å². The number of hydrogen-bond donors (Lipinski definition) is 3. The number of hydrogen-bond acceptors (Lipinski definition) is 3. The van der Waals surface area contributed by atoms with Gasteiger partial charge in [-0.05, 0) is 43.7 Å². The van der Waals surface area contributed by atoms with E-state index in [0.29, 0.717) is 5.75 Å². The molecule has 0 unspecified atom stereocenters. The Balaban J connectivity index is 1.85. The number of phenolic OH excluding ortho intramolecular Hbond substituents is 1. The summed E-state index contributed by atoms with van der Waals surface area (Å²) in [4.78, 5) is 4.57. The van der Waals surface area contributed by atoms with E-state index in [2.05, 4.69) is 22.5 Å². The Morgan fingerprint density at radius 3 is 2.86 bits per heavy atom. The molecule has 0 radical (unpaired) electrons. The smallest absolute Gasteiger partial charge is 0.191 e. The van der Waals surface area contributed by atoms with Gasteiger partial charge >= 0.3 is 0 Å². The summed E-state index contributed by atoms with van der Waals surface area (Å²) in [5.41, 5.74) is 0.875. The molecule has 2 rings (SSSR count). The SMILES string of the molecule is CCNC(=NCC1CC1)NCCc1cccc(OC)c1O. The maximum atomic E-state index is 10.0. The number of methoxy groups -OCH3 is 1. The van der Waals surface area contributed by atoms with Gasteiger partial charge in [0.25, 0.3) is 0 Å². The Bertz CT molecular complexity index is 484. The molecule has 3 N–H and O–H groups in total. The van der Waals surface area contributed by atoms with Crippen molar-refractivity contribution in [3.8, 4) is 11.5 Å². The highest BCUT2D eigenvalue weighted by molar-refractivity contribution is 5.79. The standard InChI is InChI=1S/C16H25N3O2/c1-3-17-16(19-11-12-7-8-12)18-10-9-13-5-4-6-14(21-2)15(13)20/h4-6,12,20H,3,7-11H2,1-2H3,(H2,17,18,19). The maximum Gasteiger partial charge on any atom is 0.191 e. The number of benzene rings is 1. The van der Waals surface area contributed by atoms with Gasteiger partial charge in [0, 0.05) is 19.6 Å². The second-order valence-electron chi connectivity index (χ2n) is 5.31. The molecule has 1 saturated carbocycles. The first-order valence-corrected chi connectivity index (χ1v) is 7.61. The number of aliphatic imine (C=N–C) groups is 1. The molecule has 1 aliphatic carbocycles. The number of nitrogens with one attached hydrogen (secondary N) is 2. The molecule has 0 amide bonds. The lowest BCUT2D eigenvalue weighted by atomic mass is 10.1. The second-order valence-corrected chi connectivity index (χ2v) is 5.31. The number of aromatic hydroxyl groups is 1. The molecule has 0 aliphatic heterocycles. The third-order valence-corrected chi connectivity index (χ3v) is 3.54. The highest BCUT2D eigenvalue weighted by Gasteiger charge is 2.20. The number of nitrogens with zero attached hydrogens (tertiary/aromatic N) is 1. The van der Waals surface area contributed by atoms with Gasteiger partial charge in [0.15, 0.2) is 17.5 Å². The summed E-state index contributed by atoms with van der Waals surface area (Å²) in [5.74, 6) is 2.37. The van der Waals surface area contributed by atoms with E-state index in [4.69, 9.17) is 4.74 Å². The van der Waals surface area contributed by atoms with E-state index in [-0.39, 0.29) is 5.75 Å². The monoisotopic (exact) mass is 291 g/mol. The molecule has 1 aromatic rings. The van der Waals surface area contributed by atoms with E-state index in [9.17, 15) is 5.11 Å². The van der Waals surface area contributed by atoms with Gasteiger partial charge in [-0.3, -0.25) is 4.99 Å². The second kappa shape index (κ2) is 7.76. The highest BCUT2D eigenvalue weighted by atomic mass is 16.5. The van der Waals surface area contributed by atoms with Crippen LogP contribution in [0.4, 0.5) is 0 Å². The Kier molecular flexibility index (Phi) is 5.72. The van der Waals surface area contributed by atoms with Gasteiger partial charge in [0.2, 0.25) is 0 Å². The fourth-order valence-corrected chi connectivity index (χ4v) is 2.11. The van der Waals surface area contributed by atoms with Crippen molar-refractivity contribution in [2.75, 3.05) is 26.7 Å². The van der Waals surface area contributed by atoms with Crippen molar-refractivity contribution in [1.82, 2.24) is 10.6 Å². The Labute approximate surface area is 126 Å². The number of ether oxygens (including phenoxy) is 1. The van der Waals surface area contributed by atoms with Gasteiger partial charge in [-0.25, -0.2) is 0 Å². The molecule has 1 aromatic carbocycles. The van der Waals surface area contributed by atoms with Crippen molar-refractivity contribution in [2.24, 2.45) is 10.9 Å². The van der Waals surface area contributed by atoms with Crippen molar-refractivity contribution in [2.45, 2.75) is 26.2 Å². The van der Waals surface area contributed by atoms with Crippen LogP contribution in [0.25, 0.3) is 0 Å². The largest absolute Gasteiger partial charge is 0.504 e. The van der Waals surface area contributed by atoms with Crippen molar-refractivity contribution in [1.29, 1.82) is 0 Å². The third kappa shape index (κ3) is 4.85. The molecule has 1 fully saturated rings. The zero-order valence-corrected chi connectivity index (χ0v) is 12.9. The zero-order chi connectivity index (χ0) is 15.1. The summed E-state index contributed by atoms with van der Waals surface area (Å²) < 4.78 is 5.12. The molecule has 21 heavy (non-hydrogen) atoms. The molecule has 0 atom stereocenters. The van der Waals surface area contributed by atoms with Crippen LogP contribution in [-0.2, 0) is 6.42 Å². The van der Waals surface area contributed by atoms with Crippen molar-refractivity contribution in [3.63, 3.8) is 0 Å². The lowest BCUT2D eigenvalue weighted by Crippen LogP contribution is -2.38. The number of guanidine groups is 1. The minimum absolute atomic E-state index is 0.224. The van der Waals surface area contributed by atoms with Crippen LogP contribution in [0.5, 0.6) is 11.5 Å². The minimum atomic E-state index is 0.224. The van der Waals surface area contributed by atoms with Gasteiger partial charge < -0.3 is 20.5 Å². The van der Waals surface area contributed by atoms with E-state index in [1.54, 1.807) is 13.2 Å². The van der Waals surface area contributed by atoms with Gasteiger partial charge in [0.05, 0.1) is 7.11 Å². The molecule has 116 valence electrons. The van der Waals surface area contributed by atoms with Crippen LogP contribution in [-0.4, -0.2) is 37.8 Å². The van der Waals surface area contributed by atoms with Crippen LogP contribution in [0.1, 0.15) is 25.3 Å². The molecule has 0 spiro atoms. The summed E-state index contributed by atoms with van der Waals surface area (Å²) in [5, 5.41) is 16.6. The predicted octanol–water partition coefficient (Wildman–Crippen LogP) is 1.91. The number of rotatable bonds is 7. The fraction of sp³-hybridized carbons (Fsp3) is 0.562. The Hall–Kier alpha value is -1.91.